The van der Waals surface area contributed by atoms with Crippen molar-refractivity contribution in [2.45, 2.75) is 19.6 Å². The van der Waals surface area contributed by atoms with Gasteiger partial charge in [-0.3, -0.25) is 9.89 Å². The molecule has 0 spiro atoms. The number of carbonyl (C=O) groups excluding carboxylic acids is 1. The van der Waals surface area contributed by atoms with Gasteiger partial charge in [0.1, 0.15) is 24.3 Å². The number of amides is 1. The summed E-state index contributed by atoms with van der Waals surface area (Å²) in [6.45, 7) is 1.47. The number of aromatic amines is 1. The van der Waals surface area contributed by atoms with Gasteiger partial charge in [0.2, 0.25) is 0 Å². The van der Waals surface area contributed by atoms with E-state index in [9.17, 15) is 4.79 Å². The number of carbonyl (C=O) groups is 1. The van der Waals surface area contributed by atoms with Crippen LogP contribution >= 0.6 is 11.6 Å². The van der Waals surface area contributed by atoms with Crippen molar-refractivity contribution in [3.05, 3.63) is 70.4 Å². The lowest BCUT2D eigenvalue weighted by Crippen LogP contribution is -2.36. The highest BCUT2D eigenvalue weighted by Gasteiger charge is 2.26. The van der Waals surface area contributed by atoms with Crippen molar-refractivity contribution in [2.75, 3.05) is 6.54 Å². The van der Waals surface area contributed by atoms with E-state index in [1.807, 2.05) is 12.1 Å². The van der Waals surface area contributed by atoms with Gasteiger partial charge in [0.25, 0.3) is 5.91 Å². The second-order valence-corrected chi connectivity index (χ2v) is 6.30. The van der Waals surface area contributed by atoms with Crippen molar-refractivity contribution < 1.29 is 13.9 Å². The Kier molecular flexibility index (Phi) is 4.19. The highest BCUT2D eigenvalue weighted by atomic mass is 35.5. The number of nitrogens with one attached hydrogen (secondary N) is 1. The third kappa shape index (κ3) is 3.25. The molecule has 0 saturated carbocycles. The molecule has 25 heavy (non-hydrogen) atoms. The third-order valence-corrected chi connectivity index (χ3v) is 4.48. The van der Waals surface area contributed by atoms with Crippen molar-refractivity contribution in [3.63, 3.8) is 0 Å². The summed E-state index contributed by atoms with van der Waals surface area (Å²) in [4.78, 5) is 14.3. The Morgan fingerprint density at radius 1 is 1.40 bits per heavy atom. The number of furan rings is 1. The standard InChI is InChI=1S/C18H16ClN3O3/c19-13-2-1-3-14(8-13)25-11-17-15-9-22(6-4-16(15)20-21-17)18(23)12-5-7-24-10-12/h1-3,5,7-8,10H,4,6,9,11H2,(H,20,21). The largest absolute Gasteiger partial charge is 0.487 e. The fourth-order valence-electron chi connectivity index (χ4n) is 2.92. The molecule has 7 heteroatoms. The number of benzene rings is 1. The minimum absolute atomic E-state index is 0.0395. The second kappa shape index (κ2) is 6.64. The number of fused-ring (bicyclic) bond motifs is 1. The van der Waals surface area contributed by atoms with Crippen LogP contribution in [0.25, 0.3) is 0 Å². The van der Waals surface area contributed by atoms with Gasteiger partial charge >= 0.3 is 0 Å². The Balaban J connectivity index is 1.48. The van der Waals surface area contributed by atoms with E-state index in [0.29, 0.717) is 36.0 Å². The van der Waals surface area contributed by atoms with Crippen molar-refractivity contribution in [3.8, 4) is 5.75 Å². The molecule has 1 amide bonds. The van der Waals surface area contributed by atoms with Gasteiger partial charge < -0.3 is 14.1 Å². The summed E-state index contributed by atoms with van der Waals surface area (Å²) >= 11 is 5.97. The first-order valence-electron chi connectivity index (χ1n) is 7.95. The van der Waals surface area contributed by atoms with Gasteiger partial charge in [-0.15, -0.1) is 0 Å². The topological polar surface area (TPSA) is 71.4 Å². The van der Waals surface area contributed by atoms with Crippen LogP contribution in [0.15, 0.2) is 47.3 Å². The van der Waals surface area contributed by atoms with E-state index < -0.39 is 0 Å². The molecule has 4 rings (SSSR count). The van der Waals surface area contributed by atoms with E-state index in [1.54, 1.807) is 23.1 Å². The van der Waals surface area contributed by atoms with Crippen LogP contribution in [-0.2, 0) is 19.6 Å². The number of hydrogen-bond donors (Lipinski definition) is 1. The molecule has 0 aliphatic carbocycles. The Labute approximate surface area is 149 Å². The van der Waals surface area contributed by atoms with Gasteiger partial charge in [-0.1, -0.05) is 17.7 Å². The molecule has 3 aromatic rings. The molecule has 6 nitrogen and oxygen atoms in total. The molecule has 1 aliphatic rings. The first kappa shape index (κ1) is 15.8. The molecule has 0 radical (unpaired) electrons. The van der Waals surface area contributed by atoms with Crippen molar-refractivity contribution in [1.29, 1.82) is 0 Å². The average Bonchev–Trinajstić information content (AvgIpc) is 3.29. The fourth-order valence-corrected chi connectivity index (χ4v) is 3.10. The highest BCUT2D eigenvalue weighted by Crippen LogP contribution is 2.24. The van der Waals surface area contributed by atoms with E-state index in [2.05, 4.69) is 10.2 Å². The number of nitrogens with zero attached hydrogens (tertiary/aromatic N) is 2. The van der Waals surface area contributed by atoms with Crippen molar-refractivity contribution >= 4 is 17.5 Å². The summed E-state index contributed by atoms with van der Waals surface area (Å²) in [7, 11) is 0. The van der Waals surface area contributed by atoms with Crippen LogP contribution in [0.3, 0.4) is 0 Å². The Morgan fingerprint density at radius 2 is 2.32 bits per heavy atom. The maximum atomic E-state index is 12.5. The Morgan fingerprint density at radius 3 is 3.12 bits per heavy atom. The van der Waals surface area contributed by atoms with E-state index in [4.69, 9.17) is 20.8 Å². The van der Waals surface area contributed by atoms with E-state index in [0.717, 1.165) is 23.4 Å². The van der Waals surface area contributed by atoms with Crippen LogP contribution in [0.4, 0.5) is 0 Å². The highest BCUT2D eigenvalue weighted by molar-refractivity contribution is 6.30. The van der Waals surface area contributed by atoms with Crippen molar-refractivity contribution in [1.82, 2.24) is 15.1 Å². The predicted molar refractivity (Wildman–Crippen MR) is 91.5 cm³/mol. The summed E-state index contributed by atoms with van der Waals surface area (Å²) in [5, 5.41) is 8.03. The number of ether oxygens (including phenoxy) is 1. The first-order valence-corrected chi connectivity index (χ1v) is 8.33. The van der Waals surface area contributed by atoms with E-state index in [-0.39, 0.29) is 5.91 Å². The van der Waals surface area contributed by atoms with Crippen molar-refractivity contribution in [2.24, 2.45) is 0 Å². The van der Waals surface area contributed by atoms with Gasteiger partial charge in [0, 0.05) is 35.8 Å². The van der Waals surface area contributed by atoms with Crippen LogP contribution in [-0.4, -0.2) is 27.5 Å². The molecule has 1 aliphatic heterocycles. The van der Waals surface area contributed by atoms with Crippen LogP contribution < -0.4 is 4.74 Å². The summed E-state index contributed by atoms with van der Waals surface area (Å²) in [6, 6.07) is 8.92. The number of H-pyrrole nitrogens is 1. The molecule has 3 heterocycles. The smallest absolute Gasteiger partial charge is 0.257 e. The molecule has 0 unspecified atom stereocenters. The Bertz CT molecular complexity index is 889. The molecular weight excluding hydrogens is 342 g/mol. The molecule has 0 saturated heterocycles. The summed E-state index contributed by atoms with van der Waals surface area (Å²) < 4.78 is 10.8. The maximum absolute atomic E-state index is 12.5. The lowest BCUT2D eigenvalue weighted by atomic mass is 10.0. The predicted octanol–water partition coefficient (Wildman–Crippen LogP) is 3.43. The molecule has 0 bridgehead atoms. The zero-order valence-electron chi connectivity index (χ0n) is 13.4. The molecule has 1 aromatic carbocycles. The first-order chi connectivity index (χ1) is 12.2. The molecule has 0 atom stereocenters. The normalized spacial score (nSPS) is 13.6. The molecular formula is C18H16ClN3O3. The zero-order valence-corrected chi connectivity index (χ0v) is 14.1. The summed E-state index contributed by atoms with van der Waals surface area (Å²) in [5.41, 5.74) is 3.44. The quantitative estimate of drug-likeness (QED) is 0.776. The molecule has 2 aromatic heterocycles. The summed E-state index contributed by atoms with van der Waals surface area (Å²) in [6.07, 6.45) is 3.71. The van der Waals surface area contributed by atoms with Crippen LogP contribution in [0.5, 0.6) is 5.75 Å². The van der Waals surface area contributed by atoms with Crippen LogP contribution in [0.2, 0.25) is 5.02 Å². The lowest BCUT2D eigenvalue weighted by Gasteiger charge is -2.26. The zero-order chi connectivity index (χ0) is 17.2. The van der Waals surface area contributed by atoms with Crippen LogP contribution in [0.1, 0.15) is 27.3 Å². The van der Waals surface area contributed by atoms with E-state index in [1.165, 1.54) is 12.5 Å². The fraction of sp³-hybridized carbons (Fsp3) is 0.222. The second-order valence-electron chi connectivity index (χ2n) is 5.86. The van der Waals surface area contributed by atoms with Gasteiger partial charge in [0.05, 0.1) is 11.8 Å². The van der Waals surface area contributed by atoms with Gasteiger partial charge in [-0.25, -0.2) is 0 Å². The van der Waals surface area contributed by atoms with Gasteiger partial charge in [0.15, 0.2) is 0 Å². The molecule has 0 fully saturated rings. The Hall–Kier alpha value is -2.73. The van der Waals surface area contributed by atoms with Gasteiger partial charge in [-0.05, 0) is 24.3 Å². The van der Waals surface area contributed by atoms with Gasteiger partial charge in [-0.2, -0.15) is 5.10 Å². The molecule has 1 N–H and O–H groups in total. The van der Waals surface area contributed by atoms with E-state index >= 15 is 0 Å². The number of aromatic nitrogens is 2. The number of hydrogen-bond acceptors (Lipinski definition) is 4. The average molecular weight is 358 g/mol. The SMILES string of the molecule is O=C(c1ccoc1)N1CCc2[nH]nc(COc3cccc(Cl)c3)c2C1. The summed E-state index contributed by atoms with van der Waals surface area (Å²) in [5.74, 6) is 0.647. The monoisotopic (exact) mass is 357 g/mol. The minimum Gasteiger partial charge on any atom is -0.487 e. The lowest BCUT2D eigenvalue weighted by molar-refractivity contribution is 0.0732. The third-order valence-electron chi connectivity index (χ3n) is 4.25. The number of rotatable bonds is 4. The minimum atomic E-state index is -0.0395. The molecule has 128 valence electrons. The van der Waals surface area contributed by atoms with Crippen LogP contribution in [0, 0.1) is 0 Å². The maximum Gasteiger partial charge on any atom is 0.257 e. The number of halogens is 1.